The van der Waals surface area contributed by atoms with Crippen molar-refractivity contribution in [3.05, 3.63) is 30.3 Å². The van der Waals surface area contributed by atoms with Crippen LogP contribution in [0, 0.1) is 5.82 Å². The molecule has 17 heavy (non-hydrogen) atoms. The number of nitrogens with two attached hydrogens (primary N) is 1. The smallest absolute Gasteiger partial charge is 0.137 e. The molecule has 90 valence electrons. The Balaban J connectivity index is 2.36. The Kier molecular flexibility index (Phi) is 2.93. The summed E-state index contributed by atoms with van der Waals surface area (Å²) in [7, 11) is 0. The van der Waals surface area contributed by atoms with Gasteiger partial charge in [0, 0.05) is 17.5 Å². The first-order valence-electron chi connectivity index (χ1n) is 5.39. The average molecular weight is 234 g/mol. The maximum Gasteiger partial charge on any atom is 0.137 e. The van der Waals surface area contributed by atoms with Crippen molar-refractivity contribution < 1.29 is 4.39 Å². The Morgan fingerprint density at radius 2 is 2.12 bits per heavy atom. The lowest BCUT2D eigenvalue weighted by Crippen LogP contribution is -2.39. The normalized spacial score (nSPS) is 11.8. The summed E-state index contributed by atoms with van der Waals surface area (Å²) >= 11 is 0. The van der Waals surface area contributed by atoms with Gasteiger partial charge in [0.05, 0.1) is 5.52 Å². The summed E-state index contributed by atoms with van der Waals surface area (Å²) < 4.78 is 13.2. The molecule has 1 aromatic heterocycles. The van der Waals surface area contributed by atoms with Crippen molar-refractivity contribution in [3.63, 3.8) is 0 Å². The van der Waals surface area contributed by atoms with E-state index >= 15 is 0 Å². The summed E-state index contributed by atoms with van der Waals surface area (Å²) in [6, 6.07) is 4.43. The molecule has 0 atom stereocenters. The minimum atomic E-state index is -0.357. The van der Waals surface area contributed by atoms with Gasteiger partial charge in [-0.05, 0) is 32.0 Å². The Labute approximate surface area is 99.1 Å². The second kappa shape index (κ2) is 4.25. The van der Waals surface area contributed by atoms with Crippen LogP contribution in [-0.2, 0) is 0 Å². The van der Waals surface area contributed by atoms with Gasteiger partial charge in [-0.3, -0.25) is 0 Å². The van der Waals surface area contributed by atoms with Gasteiger partial charge < -0.3 is 11.1 Å². The number of anilines is 1. The molecule has 0 aliphatic carbocycles. The maximum atomic E-state index is 13.2. The maximum absolute atomic E-state index is 13.2. The molecule has 5 heteroatoms. The quantitative estimate of drug-likeness (QED) is 0.851. The van der Waals surface area contributed by atoms with Crippen LogP contribution < -0.4 is 11.1 Å². The first kappa shape index (κ1) is 11.7. The molecule has 2 rings (SSSR count). The molecule has 0 fully saturated rings. The number of aromatic nitrogens is 2. The van der Waals surface area contributed by atoms with Gasteiger partial charge in [-0.15, -0.1) is 0 Å². The lowest BCUT2D eigenvalue weighted by Gasteiger charge is -2.19. The molecule has 0 saturated heterocycles. The van der Waals surface area contributed by atoms with Crippen molar-refractivity contribution in [1.82, 2.24) is 9.97 Å². The van der Waals surface area contributed by atoms with E-state index in [0.717, 1.165) is 0 Å². The molecule has 3 N–H and O–H groups in total. The van der Waals surface area contributed by atoms with Gasteiger partial charge in [-0.1, -0.05) is 0 Å². The van der Waals surface area contributed by atoms with Gasteiger partial charge in [0.15, 0.2) is 0 Å². The molecular weight excluding hydrogens is 219 g/mol. The summed E-state index contributed by atoms with van der Waals surface area (Å²) in [6.45, 7) is 4.36. The van der Waals surface area contributed by atoms with E-state index in [1.165, 1.54) is 18.5 Å². The highest BCUT2D eigenvalue weighted by Gasteiger charge is 2.12. The molecule has 0 aliphatic rings. The van der Waals surface area contributed by atoms with E-state index in [0.29, 0.717) is 23.3 Å². The lowest BCUT2D eigenvalue weighted by molar-refractivity contribution is 0.549. The number of nitrogens with one attached hydrogen (secondary N) is 1. The van der Waals surface area contributed by atoms with E-state index in [1.807, 2.05) is 13.8 Å². The molecule has 0 unspecified atom stereocenters. The van der Waals surface area contributed by atoms with Crippen molar-refractivity contribution in [2.75, 3.05) is 11.9 Å². The Morgan fingerprint density at radius 1 is 1.35 bits per heavy atom. The van der Waals surface area contributed by atoms with E-state index in [-0.39, 0.29) is 11.4 Å². The van der Waals surface area contributed by atoms with E-state index in [9.17, 15) is 4.39 Å². The molecule has 4 nitrogen and oxygen atoms in total. The number of rotatable bonds is 3. The third-order valence-electron chi connectivity index (χ3n) is 2.31. The van der Waals surface area contributed by atoms with Crippen LogP contribution in [0.5, 0.6) is 0 Å². The van der Waals surface area contributed by atoms with Crippen molar-refractivity contribution in [2.24, 2.45) is 5.73 Å². The second-order valence-corrected chi connectivity index (χ2v) is 4.73. The van der Waals surface area contributed by atoms with E-state index in [2.05, 4.69) is 15.3 Å². The number of halogens is 1. The largest absolute Gasteiger partial charge is 0.368 e. The van der Waals surface area contributed by atoms with Crippen LogP contribution in [0.15, 0.2) is 24.5 Å². The van der Waals surface area contributed by atoms with Gasteiger partial charge in [0.1, 0.15) is 18.0 Å². The van der Waals surface area contributed by atoms with Crippen molar-refractivity contribution in [3.8, 4) is 0 Å². The Hall–Kier alpha value is -1.75. The van der Waals surface area contributed by atoms with Crippen LogP contribution in [0.3, 0.4) is 0 Å². The second-order valence-electron chi connectivity index (χ2n) is 4.73. The lowest BCUT2D eigenvalue weighted by atomic mass is 10.1. The predicted octanol–water partition coefficient (Wildman–Crippen LogP) is 1.92. The number of nitrogens with zero attached hydrogens (tertiary/aromatic N) is 2. The number of hydrogen-bond acceptors (Lipinski definition) is 4. The molecule has 1 heterocycles. The van der Waals surface area contributed by atoms with Crippen LogP contribution in [0.25, 0.3) is 10.9 Å². The van der Waals surface area contributed by atoms with E-state index < -0.39 is 0 Å². The monoisotopic (exact) mass is 234 g/mol. The zero-order chi connectivity index (χ0) is 12.5. The SMILES string of the molecule is CC(C)(N)CNc1ncnc2ccc(F)cc12. The zero-order valence-corrected chi connectivity index (χ0v) is 9.87. The Morgan fingerprint density at radius 3 is 2.82 bits per heavy atom. The first-order chi connectivity index (χ1) is 7.96. The molecule has 0 radical (unpaired) electrons. The van der Waals surface area contributed by atoms with Crippen LogP contribution in [0.2, 0.25) is 0 Å². The highest BCUT2D eigenvalue weighted by atomic mass is 19.1. The average Bonchev–Trinajstić information content (AvgIpc) is 2.25. The summed E-state index contributed by atoms with van der Waals surface area (Å²) in [6.07, 6.45) is 1.45. The van der Waals surface area contributed by atoms with Crippen LogP contribution in [-0.4, -0.2) is 22.1 Å². The minimum absolute atomic E-state index is 0.303. The molecule has 0 amide bonds. The third kappa shape index (κ3) is 2.88. The molecular formula is C12H15FN4. The molecule has 2 aromatic rings. The summed E-state index contributed by atoms with van der Waals surface area (Å²) in [5.41, 5.74) is 6.23. The molecule has 0 spiro atoms. The number of benzene rings is 1. The van der Waals surface area contributed by atoms with Crippen molar-refractivity contribution in [2.45, 2.75) is 19.4 Å². The number of hydrogen-bond donors (Lipinski definition) is 2. The van der Waals surface area contributed by atoms with Gasteiger partial charge in [-0.25, -0.2) is 14.4 Å². The summed E-state index contributed by atoms with van der Waals surface area (Å²) in [5, 5.41) is 3.78. The minimum Gasteiger partial charge on any atom is -0.368 e. The van der Waals surface area contributed by atoms with E-state index in [4.69, 9.17) is 5.73 Å². The van der Waals surface area contributed by atoms with Gasteiger partial charge in [0.2, 0.25) is 0 Å². The molecule has 0 bridgehead atoms. The van der Waals surface area contributed by atoms with Gasteiger partial charge >= 0.3 is 0 Å². The topological polar surface area (TPSA) is 63.8 Å². The fourth-order valence-electron chi connectivity index (χ4n) is 1.48. The van der Waals surface area contributed by atoms with Crippen molar-refractivity contribution >= 4 is 16.7 Å². The fraction of sp³-hybridized carbons (Fsp3) is 0.333. The first-order valence-corrected chi connectivity index (χ1v) is 5.39. The van der Waals surface area contributed by atoms with Crippen LogP contribution in [0.1, 0.15) is 13.8 Å². The number of fused-ring (bicyclic) bond motifs is 1. The van der Waals surface area contributed by atoms with Gasteiger partial charge in [0.25, 0.3) is 0 Å². The highest BCUT2D eigenvalue weighted by molar-refractivity contribution is 5.88. The summed E-state index contributed by atoms with van der Waals surface area (Å²) in [4.78, 5) is 8.18. The Bertz CT molecular complexity index is 534. The predicted molar refractivity (Wildman–Crippen MR) is 66.3 cm³/mol. The summed E-state index contributed by atoms with van der Waals surface area (Å²) in [5.74, 6) is 0.301. The highest BCUT2D eigenvalue weighted by Crippen LogP contribution is 2.20. The van der Waals surface area contributed by atoms with Crippen LogP contribution in [0.4, 0.5) is 10.2 Å². The van der Waals surface area contributed by atoms with Crippen LogP contribution >= 0.6 is 0 Å². The fourth-order valence-corrected chi connectivity index (χ4v) is 1.48. The third-order valence-corrected chi connectivity index (χ3v) is 2.31. The van der Waals surface area contributed by atoms with Gasteiger partial charge in [-0.2, -0.15) is 0 Å². The zero-order valence-electron chi connectivity index (χ0n) is 9.87. The van der Waals surface area contributed by atoms with Crippen molar-refractivity contribution in [1.29, 1.82) is 0 Å². The van der Waals surface area contributed by atoms with E-state index in [1.54, 1.807) is 6.07 Å². The molecule has 0 aliphatic heterocycles. The molecule has 1 aromatic carbocycles. The molecule has 0 saturated carbocycles. The standard InChI is InChI=1S/C12H15FN4/c1-12(2,14)6-15-11-9-5-8(13)3-4-10(9)16-7-17-11/h3-5,7H,6,14H2,1-2H3,(H,15,16,17).